The summed E-state index contributed by atoms with van der Waals surface area (Å²) >= 11 is 0. The second-order valence-electron chi connectivity index (χ2n) is 5.09. The second-order valence-corrected chi connectivity index (χ2v) is 5.09. The number of ether oxygens (including phenoxy) is 2. The van der Waals surface area contributed by atoms with Crippen molar-refractivity contribution < 1.29 is 24.0 Å². The summed E-state index contributed by atoms with van der Waals surface area (Å²) in [5.41, 5.74) is 2.11. The summed E-state index contributed by atoms with van der Waals surface area (Å²) in [5.74, 6) is -1.13. The Morgan fingerprint density at radius 1 is 0.913 bits per heavy atom. The summed E-state index contributed by atoms with van der Waals surface area (Å²) in [6.07, 6.45) is 0. The van der Waals surface area contributed by atoms with Crippen LogP contribution in [0.25, 0.3) is 11.1 Å². The molecule has 1 aromatic carbocycles. The van der Waals surface area contributed by atoms with Crippen LogP contribution in [0.5, 0.6) is 0 Å². The van der Waals surface area contributed by atoms with Gasteiger partial charge in [0, 0.05) is 17.7 Å². The zero-order valence-corrected chi connectivity index (χ0v) is 11.6. The summed E-state index contributed by atoms with van der Waals surface area (Å²) in [4.78, 5) is 38.6. The standard InChI is InChI=1S/C15H8N2O6/c18-14-12-9(5-22-14)16-10-6-23-15(19)13(10)11(12)7-1-3-8(4-2-7)17(20)21/h1-4H,5-6H2. The Labute approximate surface area is 128 Å². The van der Waals surface area contributed by atoms with Crippen molar-refractivity contribution in [3.63, 3.8) is 0 Å². The Morgan fingerprint density at radius 2 is 1.43 bits per heavy atom. The molecular weight excluding hydrogens is 304 g/mol. The molecule has 8 nitrogen and oxygen atoms in total. The van der Waals surface area contributed by atoms with E-state index in [0.717, 1.165) is 0 Å². The molecule has 4 rings (SSSR count). The van der Waals surface area contributed by atoms with E-state index in [1.54, 1.807) is 0 Å². The van der Waals surface area contributed by atoms with Crippen LogP contribution in [-0.2, 0) is 22.7 Å². The Bertz CT molecular complexity index is 846. The van der Waals surface area contributed by atoms with E-state index in [9.17, 15) is 19.7 Å². The molecule has 23 heavy (non-hydrogen) atoms. The molecule has 0 bridgehead atoms. The number of non-ortho nitro benzene ring substituents is 1. The van der Waals surface area contributed by atoms with Gasteiger partial charge in [-0.15, -0.1) is 0 Å². The SMILES string of the molecule is O=C1OCc2nc3c(c(-c4ccc([N+](=O)[O-])cc4)c21)C(=O)OC3. The molecule has 0 atom stereocenters. The molecule has 114 valence electrons. The molecule has 2 aliphatic heterocycles. The highest BCUT2D eigenvalue weighted by Gasteiger charge is 2.36. The van der Waals surface area contributed by atoms with E-state index in [0.29, 0.717) is 22.5 Å². The number of nitro groups is 1. The van der Waals surface area contributed by atoms with Gasteiger partial charge in [0.15, 0.2) is 0 Å². The predicted molar refractivity (Wildman–Crippen MR) is 74.6 cm³/mol. The van der Waals surface area contributed by atoms with Gasteiger partial charge in [0.25, 0.3) is 5.69 Å². The molecule has 0 saturated heterocycles. The van der Waals surface area contributed by atoms with Crippen molar-refractivity contribution in [1.29, 1.82) is 0 Å². The van der Waals surface area contributed by atoms with Crippen LogP contribution >= 0.6 is 0 Å². The van der Waals surface area contributed by atoms with Gasteiger partial charge in [-0.2, -0.15) is 0 Å². The number of carbonyl (C=O) groups excluding carboxylic acids is 2. The normalized spacial score (nSPS) is 15.0. The van der Waals surface area contributed by atoms with Crippen LogP contribution in [0.3, 0.4) is 0 Å². The minimum atomic E-state index is -0.566. The van der Waals surface area contributed by atoms with E-state index in [2.05, 4.69) is 4.98 Å². The van der Waals surface area contributed by atoms with E-state index in [4.69, 9.17) is 9.47 Å². The zero-order valence-electron chi connectivity index (χ0n) is 11.6. The van der Waals surface area contributed by atoms with Crippen LogP contribution in [0.4, 0.5) is 5.69 Å². The van der Waals surface area contributed by atoms with Gasteiger partial charge in [0.05, 0.1) is 27.4 Å². The molecule has 0 amide bonds. The monoisotopic (exact) mass is 312 g/mol. The van der Waals surface area contributed by atoms with Crippen LogP contribution in [0, 0.1) is 10.1 Å². The lowest BCUT2D eigenvalue weighted by Gasteiger charge is -2.09. The predicted octanol–water partition coefficient (Wildman–Crippen LogP) is 2.00. The number of rotatable bonds is 2. The fraction of sp³-hybridized carbons (Fsp3) is 0.133. The van der Waals surface area contributed by atoms with Gasteiger partial charge in [-0.1, -0.05) is 0 Å². The van der Waals surface area contributed by atoms with Crippen LogP contribution in [0.2, 0.25) is 0 Å². The molecular formula is C15H8N2O6. The van der Waals surface area contributed by atoms with Crippen molar-refractivity contribution in [2.24, 2.45) is 0 Å². The quantitative estimate of drug-likeness (QED) is 0.474. The van der Waals surface area contributed by atoms with Crippen molar-refractivity contribution in [2.45, 2.75) is 13.2 Å². The molecule has 1 aromatic heterocycles. The van der Waals surface area contributed by atoms with Crippen LogP contribution < -0.4 is 0 Å². The van der Waals surface area contributed by atoms with Gasteiger partial charge in [-0.05, 0) is 17.7 Å². The maximum Gasteiger partial charge on any atom is 0.341 e. The fourth-order valence-corrected chi connectivity index (χ4v) is 2.79. The van der Waals surface area contributed by atoms with Crippen molar-refractivity contribution in [3.05, 3.63) is 56.9 Å². The highest BCUT2D eigenvalue weighted by molar-refractivity contribution is 6.09. The maximum absolute atomic E-state index is 12.0. The summed E-state index contributed by atoms with van der Waals surface area (Å²) in [6, 6.07) is 5.61. The molecule has 0 radical (unpaired) electrons. The number of cyclic esters (lactones) is 2. The van der Waals surface area contributed by atoms with E-state index in [-0.39, 0.29) is 30.0 Å². The molecule has 8 heteroatoms. The van der Waals surface area contributed by atoms with Gasteiger partial charge < -0.3 is 9.47 Å². The van der Waals surface area contributed by atoms with Gasteiger partial charge in [-0.3, -0.25) is 10.1 Å². The number of benzene rings is 1. The third-order valence-corrected chi connectivity index (χ3v) is 3.80. The van der Waals surface area contributed by atoms with E-state index < -0.39 is 16.9 Å². The topological polar surface area (TPSA) is 109 Å². The highest BCUT2D eigenvalue weighted by Crippen LogP contribution is 2.38. The van der Waals surface area contributed by atoms with Gasteiger partial charge >= 0.3 is 11.9 Å². The van der Waals surface area contributed by atoms with Gasteiger partial charge in [-0.25, -0.2) is 14.6 Å². The Hall–Kier alpha value is -3.29. The number of carbonyl (C=O) groups is 2. The third-order valence-electron chi connectivity index (χ3n) is 3.80. The smallest absolute Gasteiger partial charge is 0.341 e. The first kappa shape index (κ1) is 13.4. The van der Waals surface area contributed by atoms with E-state index >= 15 is 0 Å². The maximum atomic E-state index is 12.0. The summed E-state index contributed by atoms with van der Waals surface area (Å²) in [7, 11) is 0. The summed E-state index contributed by atoms with van der Waals surface area (Å²) < 4.78 is 10.00. The van der Waals surface area contributed by atoms with E-state index in [1.165, 1.54) is 24.3 Å². The lowest BCUT2D eigenvalue weighted by atomic mass is 9.93. The Kier molecular flexibility index (Phi) is 2.68. The third kappa shape index (κ3) is 1.88. The van der Waals surface area contributed by atoms with Gasteiger partial charge in [0.2, 0.25) is 0 Å². The minimum Gasteiger partial charge on any atom is -0.455 e. The van der Waals surface area contributed by atoms with Crippen molar-refractivity contribution in [1.82, 2.24) is 4.98 Å². The summed E-state index contributed by atoms with van der Waals surface area (Å²) in [6.45, 7) is 0.0746. The Morgan fingerprint density at radius 3 is 1.91 bits per heavy atom. The van der Waals surface area contributed by atoms with Crippen LogP contribution in [0.15, 0.2) is 24.3 Å². The van der Waals surface area contributed by atoms with Crippen molar-refractivity contribution in [3.8, 4) is 11.1 Å². The van der Waals surface area contributed by atoms with Gasteiger partial charge in [0.1, 0.15) is 13.2 Å². The molecule has 0 fully saturated rings. The molecule has 0 N–H and O–H groups in total. The first-order chi connectivity index (χ1) is 11.1. The number of aromatic nitrogens is 1. The highest BCUT2D eigenvalue weighted by atomic mass is 16.6. The Balaban J connectivity index is 1.99. The first-order valence-electron chi connectivity index (χ1n) is 6.71. The molecule has 0 saturated carbocycles. The average molecular weight is 312 g/mol. The first-order valence-corrected chi connectivity index (χ1v) is 6.71. The van der Waals surface area contributed by atoms with Crippen molar-refractivity contribution in [2.75, 3.05) is 0 Å². The molecule has 2 aromatic rings. The lowest BCUT2D eigenvalue weighted by molar-refractivity contribution is -0.384. The molecule has 0 aliphatic carbocycles. The number of esters is 2. The van der Waals surface area contributed by atoms with E-state index in [1.807, 2.05) is 0 Å². The summed E-state index contributed by atoms with van der Waals surface area (Å²) in [5, 5.41) is 10.8. The number of nitro benzene ring substituents is 1. The fourth-order valence-electron chi connectivity index (χ4n) is 2.79. The van der Waals surface area contributed by atoms with Crippen LogP contribution in [0.1, 0.15) is 32.1 Å². The zero-order chi connectivity index (χ0) is 16.1. The number of fused-ring (bicyclic) bond motifs is 2. The molecule has 2 aliphatic rings. The minimum absolute atomic E-state index is 0.0373. The number of hydrogen-bond donors (Lipinski definition) is 0. The molecule has 3 heterocycles. The van der Waals surface area contributed by atoms with Crippen LogP contribution in [-0.4, -0.2) is 21.8 Å². The number of pyridine rings is 1. The molecule has 0 spiro atoms. The number of nitrogens with zero attached hydrogens (tertiary/aromatic N) is 2. The largest absolute Gasteiger partial charge is 0.455 e. The lowest BCUT2D eigenvalue weighted by Crippen LogP contribution is -2.07. The second kappa shape index (κ2) is 4.60. The number of hydrogen-bond acceptors (Lipinski definition) is 7. The average Bonchev–Trinajstić information content (AvgIpc) is 3.10. The molecule has 0 unspecified atom stereocenters. The van der Waals surface area contributed by atoms with Crippen molar-refractivity contribution >= 4 is 17.6 Å².